The summed E-state index contributed by atoms with van der Waals surface area (Å²) < 4.78 is 0. The Morgan fingerprint density at radius 1 is 1.29 bits per heavy atom. The van der Waals surface area contributed by atoms with Gasteiger partial charge in [0.05, 0.1) is 11.3 Å². The molecule has 0 aliphatic rings. The van der Waals surface area contributed by atoms with Gasteiger partial charge in [-0.2, -0.15) is 0 Å². The molecule has 0 bridgehead atoms. The van der Waals surface area contributed by atoms with Crippen molar-refractivity contribution in [1.29, 1.82) is 0 Å². The SMILES string of the molecule is CN(Cc1ccc(C(=O)NN)cn1)Cc1ccccc1Cl. The third-order valence-corrected chi connectivity index (χ3v) is 3.42. The number of amides is 1. The number of hydrogen-bond acceptors (Lipinski definition) is 4. The maximum absolute atomic E-state index is 11.3. The number of hydrazine groups is 1. The highest BCUT2D eigenvalue weighted by atomic mass is 35.5. The summed E-state index contributed by atoms with van der Waals surface area (Å²) in [7, 11) is 1.99. The van der Waals surface area contributed by atoms with Crippen LogP contribution in [-0.4, -0.2) is 22.8 Å². The Hall–Kier alpha value is -1.95. The van der Waals surface area contributed by atoms with E-state index in [2.05, 4.69) is 15.3 Å². The van der Waals surface area contributed by atoms with Gasteiger partial charge in [-0.1, -0.05) is 29.8 Å². The van der Waals surface area contributed by atoms with Gasteiger partial charge in [0.15, 0.2) is 0 Å². The number of pyridine rings is 1. The molecular formula is C15H17ClN4O. The summed E-state index contributed by atoms with van der Waals surface area (Å²) >= 11 is 6.14. The minimum atomic E-state index is -0.349. The van der Waals surface area contributed by atoms with Crippen LogP contribution in [-0.2, 0) is 13.1 Å². The fourth-order valence-corrected chi connectivity index (χ4v) is 2.18. The summed E-state index contributed by atoms with van der Waals surface area (Å²) in [6.45, 7) is 1.39. The molecule has 0 saturated carbocycles. The second-order valence-corrected chi connectivity index (χ2v) is 5.18. The van der Waals surface area contributed by atoms with E-state index in [1.807, 2.05) is 37.4 Å². The zero-order valence-electron chi connectivity index (χ0n) is 11.7. The van der Waals surface area contributed by atoms with Crippen molar-refractivity contribution in [3.8, 4) is 0 Å². The lowest BCUT2D eigenvalue weighted by Gasteiger charge is -2.17. The minimum absolute atomic E-state index is 0.349. The third kappa shape index (κ3) is 4.26. The van der Waals surface area contributed by atoms with Crippen LogP contribution in [0.25, 0.3) is 0 Å². The number of benzene rings is 1. The normalized spacial score (nSPS) is 10.7. The van der Waals surface area contributed by atoms with E-state index in [4.69, 9.17) is 17.4 Å². The van der Waals surface area contributed by atoms with Gasteiger partial charge in [-0.05, 0) is 30.8 Å². The van der Waals surface area contributed by atoms with E-state index < -0.39 is 0 Å². The van der Waals surface area contributed by atoms with Gasteiger partial charge in [0.25, 0.3) is 5.91 Å². The Morgan fingerprint density at radius 3 is 2.67 bits per heavy atom. The van der Waals surface area contributed by atoms with E-state index >= 15 is 0 Å². The predicted octanol–water partition coefficient (Wildman–Crippen LogP) is 1.97. The third-order valence-electron chi connectivity index (χ3n) is 3.05. The van der Waals surface area contributed by atoms with Gasteiger partial charge in [-0.15, -0.1) is 0 Å². The number of nitrogens with two attached hydrogens (primary N) is 1. The highest BCUT2D eigenvalue weighted by molar-refractivity contribution is 6.31. The Labute approximate surface area is 128 Å². The monoisotopic (exact) mass is 304 g/mol. The largest absolute Gasteiger partial charge is 0.296 e. The number of rotatable bonds is 5. The molecule has 3 N–H and O–H groups in total. The summed E-state index contributed by atoms with van der Waals surface area (Å²) in [4.78, 5) is 17.7. The second-order valence-electron chi connectivity index (χ2n) is 4.78. The van der Waals surface area contributed by atoms with E-state index in [0.29, 0.717) is 12.1 Å². The average Bonchev–Trinajstić information content (AvgIpc) is 2.49. The van der Waals surface area contributed by atoms with E-state index in [1.54, 1.807) is 6.07 Å². The average molecular weight is 305 g/mol. The molecule has 110 valence electrons. The van der Waals surface area contributed by atoms with Crippen LogP contribution in [0.1, 0.15) is 21.6 Å². The zero-order valence-corrected chi connectivity index (χ0v) is 12.5. The fraction of sp³-hybridized carbons (Fsp3) is 0.200. The van der Waals surface area contributed by atoms with Crippen molar-refractivity contribution >= 4 is 17.5 Å². The quantitative estimate of drug-likeness (QED) is 0.503. The summed E-state index contributed by atoms with van der Waals surface area (Å²) in [6.07, 6.45) is 1.51. The summed E-state index contributed by atoms with van der Waals surface area (Å²) in [5.41, 5.74) is 4.46. The second kappa shape index (κ2) is 7.17. The molecule has 0 unspecified atom stereocenters. The van der Waals surface area contributed by atoms with Gasteiger partial charge in [0, 0.05) is 24.3 Å². The van der Waals surface area contributed by atoms with Crippen molar-refractivity contribution in [2.24, 2.45) is 5.84 Å². The van der Waals surface area contributed by atoms with Crippen LogP contribution in [0.5, 0.6) is 0 Å². The smallest absolute Gasteiger partial charge is 0.266 e. The number of hydrogen-bond donors (Lipinski definition) is 2. The molecule has 0 radical (unpaired) electrons. The van der Waals surface area contributed by atoms with Gasteiger partial charge in [-0.3, -0.25) is 20.1 Å². The molecular weight excluding hydrogens is 288 g/mol. The van der Waals surface area contributed by atoms with Gasteiger partial charge in [0.2, 0.25) is 0 Å². The molecule has 21 heavy (non-hydrogen) atoms. The van der Waals surface area contributed by atoms with Crippen molar-refractivity contribution in [2.75, 3.05) is 7.05 Å². The Morgan fingerprint density at radius 2 is 2.05 bits per heavy atom. The number of aromatic nitrogens is 1. The molecule has 2 aromatic rings. The first-order valence-electron chi connectivity index (χ1n) is 6.48. The Balaban J connectivity index is 1.98. The standard InChI is InChI=1S/C15H17ClN4O/c1-20(9-12-4-2-3-5-14(12)16)10-13-7-6-11(8-18-13)15(21)19-17/h2-8H,9-10,17H2,1H3,(H,19,21). The molecule has 0 aliphatic heterocycles. The van der Waals surface area contributed by atoms with Crippen LogP contribution >= 0.6 is 11.6 Å². The lowest BCUT2D eigenvalue weighted by Crippen LogP contribution is -2.30. The maximum atomic E-state index is 11.3. The van der Waals surface area contributed by atoms with Crippen LogP contribution in [0.15, 0.2) is 42.6 Å². The van der Waals surface area contributed by atoms with E-state index in [0.717, 1.165) is 22.8 Å². The molecule has 1 heterocycles. The van der Waals surface area contributed by atoms with Gasteiger partial charge in [-0.25, -0.2) is 5.84 Å². The molecule has 0 saturated heterocycles. The Bertz CT molecular complexity index is 615. The summed E-state index contributed by atoms with van der Waals surface area (Å²) in [6, 6.07) is 11.3. The first-order chi connectivity index (χ1) is 10.1. The van der Waals surface area contributed by atoms with Crippen LogP contribution in [0, 0.1) is 0 Å². The molecule has 1 aromatic heterocycles. The first kappa shape index (κ1) is 15.4. The van der Waals surface area contributed by atoms with Crippen LogP contribution < -0.4 is 11.3 Å². The van der Waals surface area contributed by atoms with Crippen LogP contribution in [0.4, 0.5) is 0 Å². The number of nitrogen functional groups attached to an aromatic ring is 1. The number of carbonyl (C=O) groups excluding carboxylic acids is 1. The molecule has 0 atom stereocenters. The molecule has 0 spiro atoms. The summed E-state index contributed by atoms with van der Waals surface area (Å²) in [5, 5.41) is 0.757. The van der Waals surface area contributed by atoms with Crippen molar-refractivity contribution in [1.82, 2.24) is 15.3 Å². The van der Waals surface area contributed by atoms with Gasteiger partial charge in [0.1, 0.15) is 0 Å². The highest BCUT2D eigenvalue weighted by Crippen LogP contribution is 2.17. The zero-order chi connectivity index (χ0) is 15.2. The predicted molar refractivity (Wildman–Crippen MR) is 82.5 cm³/mol. The lowest BCUT2D eigenvalue weighted by atomic mass is 10.2. The fourth-order valence-electron chi connectivity index (χ4n) is 1.99. The molecule has 1 aromatic carbocycles. The first-order valence-corrected chi connectivity index (χ1v) is 6.86. The number of halogens is 1. The number of nitrogens with zero attached hydrogens (tertiary/aromatic N) is 2. The molecule has 1 amide bonds. The van der Waals surface area contributed by atoms with E-state index in [-0.39, 0.29) is 5.91 Å². The van der Waals surface area contributed by atoms with Gasteiger partial charge < -0.3 is 0 Å². The van der Waals surface area contributed by atoms with Crippen LogP contribution in [0.3, 0.4) is 0 Å². The van der Waals surface area contributed by atoms with Crippen LogP contribution in [0.2, 0.25) is 5.02 Å². The van der Waals surface area contributed by atoms with Crippen molar-refractivity contribution in [3.63, 3.8) is 0 Å². The van der Waals surface area contributed by atoms with Gasteiger partial charge >= 0.3 is 0 Å². The topological polar surface area (TPSA) is 71.2 Å². The van der Waals surface area contributed by atoms with Crippen molar-refractivity contribution < 1.29 is 4.79 Å². The van der Waals surface area contributed by atoms with E-state index in [1.165, 1.54) is 6.20 Å². The molecule has 6 heteroatoms. The lowest BCUT2D eigenvalue weighted by molar-refractivity contribution is 0.0953. The maximum Gasteiger partial charge on any atom is 0.266 e. The highest BCUT2D eigenvalue weighted by Gasteiger charge is 2.07. The molecule has 0 fully saturated rings. The van der Waals surface area contributed by atoms with Crippen molar-refractivity contribution in [3.05, 3.63) is 64.4 Å². The minimum Gasteiger partial charge on any atom is -0.296 e. The summed E-state index contributed by atoms with van der Waals surface area (Å²) in [5.74, 6) is 4.73. The number of nitrogens with one attached hydrogen (secondary N) is 1. The molecule has 2 rings (SSSR count). The Kier molecular flexibility index (Phi) is 5.27. The molecule has 5 nitrogen and oxygen atoms in total. The van der Waals surface area contributed by atoms with Crippen molar-refractivity contribution in [2.45, 2.75) is 13.1 Å². The number of carbonyl (C=O) groups is 1. The molecule has 0 aliphatic carbocycles. The van der Waals surface area contributed by atoms with E-state index in [9.17, 15) is 4.79 Å².